The number of carbonyl (C=O) groups excluding carboxylic acids is 1. The van der Waals surface area contributed by atoms with Gasteiger partial charge in [-0.1, -0.05) is 28.1 Å². The van der Waals surface area contributed by atoms with Gasteiger partial charge in [-0.05, 0) is 48.4 Å². The molecule has 2 aromatic rings. The minimum Gasteiger partial charge on any atom is -0.484 e. The summed E-state index contributed by atoms with van der Waals surface area (Å²) in [5.41, 5.74) is 5.73. The van der Waals surface area contributed by atoms with Gasteiger partial charge in [0.1, 0.15) is 5.75 Å². The van der Waals surface area contributed by atoms with Gasteiger partial charge in [0, 0.05) is 23.2 Å². The Labute approximate surface area is 167 Å². The first-order valence-corrected chi connectivity index (χ1v) is 9.55. The Kier molecular flexibility index (Phi) is 6.84. The summed E-state index contributed by atoms with van der Waals surface area (Å²) in [5, 5.41) is 4.03. The summed E-state index contributed by atoms with van der Waals surface area (Å²) in [6, 6.07) is 13.5. The molecule has 1 amide bonds. The van der Waals surface area contributed by atoms with E-state index in [-0.39, 0.29) is 12.5 Å². The Balaban J connectivity index is 1.50. The van der Waals surface area contributed by atoms with Crippen LogP contribution in [-0.2, 0) is 9.53 Å². The quantitative estimate of drug-likeness (QED) is 0.563. The predicted molar refractivity (Wildman–Crippen MR) is 110 cm³/mol. The third-order valence-corrected chi connectivity index (χ3v) is 4.68. The number of nitrogens with one attached hydrogen (secondary N) is 1. The fourth-order valence-electron chi connectivity index (χ4n) is 2.73. The Morgan fingerprint density at radius 2 is 2.11 bits per heavy atom. The molecule has 0 saturated carbocycles. The second-order valence-electron chi connectivity index (χ2n) is 6.18. The highest BCUT2D eigenvalue weighted by Crippen LogP contribution is 2.19. The molecule has 0 radical (unpaired) electrons. The second-order valence-corrected chi connectivity index (χ2v) is 7.10. The van der Waals surface area contributed by atoms with E-state index < -0.39 is 0 Å². The molecule has 3 rings (SSSR count). The first kappa shape index (κ1) is 19.4. The van der Waals surface area contributed by atoms with Gasteiger partial charge in [-0.15, -0.1) is 0 Å². The van der Waals surface area contributed by atoms with Crippen LogP contribution in [0.5, 0.6) is 5.75 Å². The van der Waals surface area contributed by atoms with Crippen molar-refractivity contribution in [3.8, 4) is 5.75 Å². The first-order valence-electron chi connectivity index (χ1n) is 8.75. The molecule has 1 saturated heterocycles. The molecular weight excluding hydrogens is 410 g/mol. The summed E-state index contributed by atoms with van der Waals surface area (Å²) in [5.74, 6) is 0.312. The van der Waals surface area contributed by atoms with Gasteiger partial charge < -0.3 is 14.4 Å². The number of anilines is 1. The molecule has 2 aromatic carbocycles. The van der Waals surface area contributed by atoms with Crippen molar-refractivity contribution < 1.29 is 14.3 Å². The van der Waals surface area contributed by atoms with Crippen LogP contribution >= 0.6 is 15.9 Å². The minimum absolute atomic E-state index is 0.0945. The van der Waals surface area contributed by atoms with E-state index in [9.17, 15) is 4.79 Å². The van der Waals surface area contributed by atoms with E-state index in [1.165, 1.54) is 5.69 Å². The molecule has 0 atom stereocenters. The topological polar surface area (TPSA) is 63.2 Å². The predicted octanol–water partition coefficient (Wildman–Crippen LogP) is 3.12. The number of rotatable bonds is 6. The molecule has 27 heavy (non-hydrogen) atoms. The van der Waals surface area contributed by atoms with Crippen molar-refractivity contribution >= 4 is 33.7 Å². The maximum absolute atomic E-state index is 11.9. The van der Waals surface area contributed by atoms with Crippen LogP contribution in [0.3, 0.4) is 0 Å². The highest BCUT2D eigenvalue weighted by atomic mass is 79.9. The standard InChI is InChI=1S/C20H22BrN3O3/c1-15-11-18(24-7-9-26-10-8-24)6-5-16(15)13-22-23-20(25)14-27-19-4-2-3-17(21)12-19/h2-6,11-13H,7-10,14H2,1H3,(H,23,25)/b22-13+. The van der Waals surface area contributed by atoms with Gasteiger partial charge >= 0.3 is 0 Å². The molecule has 1 heterocycles. The van der Waals surface area contributed by atoms with Gasteiger partial charge in [-0.2, -0.15) is 5.10 Å². The number of benzene rings is 2. The van der Waals surface area contributed by atoms with Crippen LogP contribution in [0.2, 0.25) is 0 Å². The summed E-state index contributed by atoms with van der Waals surface area (Å²) in [6.07, 6.45) is 1.65. The first-order chi connectivity index (χ1) is 13.1. The number of hydrogen-bond donors (Lipinski definition) is 1. The van der Waals surface area contributed by atoms with Crippen molar-refractivity contribution in [3.05, 3.63) is 58.1 Å². The summed E-state index contributed by atoms with van der Waals surface area (Å²) >= 11 is 3.36. The average Bonchev–Trinajstić information content (AvgIpc) is 2.68. The Bertz CT molecular complexity index is 820. The molecule has 1 N–H and O–H groups in total. The molecular formula is C20H22BrN3O3. The SMILES string of the molecule is Cc1cc(N2CCOCC2)ccc1/C=N/NC(=O)COc1cccc(Br)c1. The normalized spacial score (nSPS) is 14.4. The van der Waals surface area contributed by atoms with E-state index in [4.69, 9.17) is 9.47 Å². The lowest BCUT2D eigenvalue weighted by molar-refractivity contribution is -0.123. The van der Waals surface area contributed by atoms with Crippen molar-refractivity contribution in [2.45, 2.75) is 6.92 Å². The molecule has 0 aromatic heterocycles. The van der Waals surface area contributed by atoms with Gasteiger partial charge in [-0.3, -0.25) is 4.79 Å². The maximum atomic E-state index is 11.9. The largest absolute Gasteiger partial charge is 0.484 e. The Hall–Kier alpha value is -2.38. The number of hydrazone groups is 1. The van der Waals surface area contributed by atoms with Gasteiger partial charge in [0.05, 0.1) is 19.4 Å². The second kappa shape index (κ2) is 9.53. The van der Waals surface area contributed by atoms with Crippen LogP contribution in [0, 0.1) is 6.92 Å². The molecule has 0 unspecified atom stereocenters. The summed E-state index contributed by atoms with van der Waals surface area (Å²) in [6.45, 7) is 5.26. The average molecular weight is 432 g/mol. The number of morpholine rings is 1. The third kappa shape index (κ3) is 5.80. The van der Waals surface area contributed by atoms with Crippen molar-refractivity contribution in [2.24, 2.45) is 5.10 Å². The molecule has 1 aliphatic heterocycles. The lowest BCUT2D eigenvalue weighted by Crippen LogP contribution is -2.36. The van der Waals surface area contributed by atoms with E-state index in [0.29, 0.717) is 5.75 Å². The van der Waals surface area contributed by atoms with Crippen LogP contribution in [0.15, 0.2) is 52.0 Å². The number of halogens is 1. The molecule has 0 aliphatic carbocycles. The van der Waals surface area contributed by atoms with E-state index in [0.717, 1.165) is 41.9 Å². The zero-order valence-electron chi connectivity index (χ0n) is 15.2. The number of ether oxygens (including phenoxy) is 2. The van der Waals surface area contributed by atoms with Gasteiger partial charge in [0.2, 0.25) is 0 Å². The van der Waals surface area contributed by atoms with Crippen LogP contribution in [0.25, 0.3) is 0 Å². The Morgan fingerprint density at radius 3 is 2.85 bits per heavy atom. The molecule has 0 spiro atoms. The zero-order valence-corrected chi connectivity index (χ0v) is 16.7. The van der Waals surface area contributed by atoms with E-state index >= 15 is 0 Å². The fraction of sp³-hybridized carbons (Fsp3) is 0.300. The smallest absolute Gasteiger partial charge is 0.277 e. The van der Waals surface area contributed by atoms with Crippen molar-refractivity contribution in [3.63, 3.8) is 0 Å². The minimum atomic E-state index is -0.311. The number of carbonyl (C=O) groups is 1. The molecule has 1 aliphatic rings. The number of aryl methyl sites for hydroxylation is 1. The van der Waals surface area contributed by atoms with Gasteiger partial charge in [0.25, 0.3) is 5.91 Å². The number of nitrogens with zero attached hydrogens (tertiary/aromatic N) is 2. The third-order valence-electron chi connectivity index (χ3n) is 4.19. The zero-order chi connectivity index (χ0) is 19.1. The summed E-state index contributed by atoms with van der Waals surface area (Å²) < 4.78 is 11.7. The Morgan fingerprint density at radius 1 is 1.30 bits per heavy atom. The van der Waals surface area contributed by atoms with E-state index in [1.807, 2.05) is 25.1 Å². The van der Waals surface area contributed by atoms with Crippen LogP contribution < -0.4 is 15.1 Å². The molecule has 6 nitrogen and oxygen atoms in total. The summed E-state index contributed by atoms with van der Waals surface area (Å²) in [4.78, 5) is 14.2. The van der Waals surface area contributed by atoms with E-state index in [1.54, 1.807) is 18.3 Å². The molecule has 1 fully saturated rings. The lowest BCUT2D eigenvalue weighted by atomic mass is 10.1. The maximum Gasteiger partial charge on any atom is 0.277 e. The molecule has 142 valence electrons. The van der Waals surface area contributed by atoms with Crippen molar-refractivity contribution in [1.29, 1.82) is 0 Å². The van der Waals surface area contributed by atoms with Crippen molar-refractivity contribution in [2.75, 3.05) is 37.8 Å². The monoisotopic (exact) mass is 431 g/mol. The van der Waals surface area contributed by atoms with Gasteiger partial charge in [-0.25, -0.2) is 5.43 Å². The van der Waals surface area contributed by atoms with E-state index in [2.05, 4.69) is 43.5 Å². The number of amides is 1. The number of hydrogen-bond acceptors (Lipinski definition) is 5. The molecule has 7 heteroatoms. The van der Waals surface area contributed by atoms with Crippen molar-refractivity contribution in [1.82, 2.24) is 5.43 Å². The fourth-order valence-corrected chi connectivity index (χ4v) is 3.11. The van der Waals surface area contributed by atoms with Crippen LogP contribution in [0.4, 0.5) is 5.69 Å². The highest BCUT2D eigenvalue weighted by Gasteiger charge is 2.11. The van der Waals surface area contributed by atoms with Crippen LogP contribution in [0.1, 0.15) is 11.1 Å². The molecule has 0 bridgehead atoms. The van der Waals surface area contributed by atoms with Gasteiger partial charge in [0.15, 0.2) is 6.61 Å². The highest BCUT2D eigenvalue weighted by molar-refractivity contribution is 9.10. The summed E-state index contributed by atoms with van der Waals surface area (Å²) in [7, 11) is 0. The lowest BCUT2D eigenvalue weighted by Gasteiger charge is -2.29. The van der Waals surface area contributed by atoms with Crippen LogP contribution in [-0.4, -0.2) is 45.0 Å².